The molecule has 1 unspecified atom stereocenters. The molecule has 0 saturated carbocycles. The number of carbonyl (C=O) groups excluding carboxylic acids is 2. The zero-order chi connectivity index (χ0) is 7.94. The van der Waals surface area contributed by atoms with Gasteiger partial charge in [0.25, 0.3) is 0 Å². The first-order chi connectivity index (χ1) is 4.46. The van der Waals surface area contributed by atoms with Gasteiger partial charge in [0, 0.05) is 0 Å². The molecular weight excluding hydrogens is 130 g/mol. The molecule has 0 aliphatic carbocycles. The van der Waals surface area contributed by atoms with Crippen LogP contribution >= 0.6 is 0 Å². The minimum atomic E-state index is -0.0810. The maximum absolute atomic E-state index is 11.2. The van der Waals surface area contributed by atoms with Crippen molar-refractivity contribution in [2.45, 2.75) is 13.3 Å². The van der Waals surface area contributed by atoms with E-state index < -0.39 is 0 Å². The van der Waals surface area contributed by atoms with Crippen LogP contribution in [0.5, 0.6) is 0 Å². The van der Waals surface area contributed by atoms with Crippen molar-refractivity contribution in [3.05, 3.63) is 0 Å². The maximum Gasteiger partial charge on any atom is 0.324 e. The van der Waals surface area contributed by atoms with Gasteiger partial charge in [0.2, 0.25) is 0 Å². The summed E-state index contributed by atoms with van der Waals surface area (Å²) in [6.45, 7) is 1.80. The van der Waals surface area contributed by atoms with E-state index in [4.69, 9.17) is 0 Å². The van der Waals surface area contributed by atoms with Crippen LogP contribution in [0.4, 0.5) is 0 Å². The van der Waals surface area contributed by atoms with Crippen LogP contribution in [0.15, 0.2) is 0 Å². The lowest BCUT2D eigenvalue weighted by molar-refractivity contribution is -0.729. The first-order valence-electron chi connectivity index (χ1n) is 3.38. The van der Waals surface area contributed by atoms with Gasteiger partial charge in [0.1, 0.15) is 0 Å². The Morgan fingerprint density at radius 3 is 2.00 bits per heavy atom. The average molecular weight is 142 g/mol. The summed E-state index contributed by atoms with van der Waals surface area (Å²) in [5.41, 5.74) is 0. The van der Waals surface area contributed by atoms with Gasteiger partial charge in [0.05, 0.1) is 26.4 Å². The minimum absolute atomic E-state index is 0.0255. The number of rotatable bonds is 0. The van der Waals surface area contributed by atoms with E-state index in [0.717, 1.165) is 0 Å². The predicted molar refractivity (Wildman–Crippen MR) is 35.9 cm³/mol. The summed E-state index contributed by atoms with van der Waals surface area (Å²) in [5.74, 6) is -0.0231. The fraction of sp³-hybridized carbons (Fsp3) is 0.714. The number of nitrogens with zero attached hydrogens (tertiary/aromatic N) is 1. The minimum Gasteiger partial charge on any atom is -0.230 e. The van der Waals surface area contributed by atoms with Crippen LogP contribution < -0.4 is 0 Å². The van der Waals surface area contributed by atoms with Crippen molar-refractivity contribution in [3.8, 4) is 0 Å². The van der Waals surface area contributed by atoms with E-state index in [1.54, 1.807) is 21.0 Å². The number of amides is 2. The van der Waals surface area contributed by atoms with E-state index in [-0.39, 0.29) is 22.2 Å². The standard InChI is InChI=1S/C7H12NO2/c1-5-4-6(9)8(2,3)7(5)10/h5H,4H2,1-3H3/q+1. The Hall–Kier alpha value is -0.700. The van der Waals surface area contributed by atoms with Gasteiger partial charge in [-0.2, -0.15) is 0 Å². The zero-order valence-corrected chi connectivity index (χ0v) is 6.55. The van der Waals surface area contributed by atoms with Crippen LogP contribution in [-0.2, 0) is 9.59 Å². The monoisotopic (exact) mass is 142 g/mol. The second-order valence-electron chi connectivity index (χ2n) is 3.29. The Bertz CT molecular complexity index is 196. The number of imide groups is 1. The third-order valence-corrected chi connectivity index (χ3v) is 2.08. The molecule has 56 valence electrons. The van der Waals surface area contributed by atoms with Crippen molar-refractivity contribution >= 4 is 11.8 Å². The number of likely N-dealkylation sites (tertiary alicyclic amines) is 1. The Morgan fingerprint density at radius 2 is 1.90 bits per heavy atom. The first kappa shape index (κ1) is 7.41. The van der Waals surface area contributed by atoms with Crippen molar-refractivity contribution in [3.63, 3.8) is 0 Å². The molecule has 1 saturated heterocycles. The molecule has 0 aromatic carbocycles. The molecule has 0 N–H and O–H groups in total. The lowest BCUT2D eigenvalue weighted by Crippen LogP contribution is -2.45. The van der Waals surface area contributed by atoms with E-state index in [0.29, 0.717) is 6.42 Å². The Kier molecular flexibility index (Phi) is 1.40. The highest BCUT2D eigenvalue weighted by Gasteiger charge is 2.47. The van der Waals surface area contributed by atoms with E-state index in [1.807, 2.05) is 0 Å². The van der Waals surface area contributed by atoms with Crippen molar-refractivity contribution in [1.82, 2.24) is 0 Å². The van der Waals surface area contributed by atoms with Crippen molar-refractivity contribution < 1.29 is 14.1 Å². The highest BCUT2D eigenvalue weighted by molar-refractivity contribution is 5.93. The highest BCUT2D eigenvalue weighted by atomic mass is 16.2. The first-order valence-corrected chi connectivity index (χ1v) is 3.38. The average Bonchev–Trinajstić information content (AvgIpc) is 1.97. The molecule has 0 spiro atoms. The third kappa shape index (κ3) is 0.778. The number of quaternary nitrogens is 1. The van der Waals surface area contributed by atoms with E-state index in [9.17, 15) is 9.59 Å². The molecule has 1 aliphatic rings. The molecule has 3 heteroatoms. The maximum atomic E-state index is 11.2. The Labute approximate surface area is 60.2 Å². The van der Waals surface area contributed by atoms with E-state index in [1.165, 1.54) is 0 Å². The van der Waals surface area contributed by atoms with Crippen LogP contribution in [0.3, 0.4) is 0 Å². The quantitative estimate of drug-likeness (QED) is 0.356. The summed E-state index contributed by atoms with van der Waals surface area (Å²) < 4.78 is -0.0683. The van der Waals surface area contributed by atoms with Crippen LogP contribution in [0, 0.1) is 5.92 Å². The lowest BCUT2D eigenvalue weighted by atomic mass is 10.1. The van der Waals surface area contributed by atoms with Crippen LogP contribution in [0.2, 0.25) is 0 Å². The number of hydrogen-bond donors (Lipinski definition) is 0. The number of carbonyl (C=O) groups is 2. The summed E-state index contributed by atoms with van der Waals surface area (Å²) >= 11 is 0. The molecule has 10 heavy (non-hydrogen) atoms. The fourth-order valence-electron chi connectivity index (χ4n) is 1.25. The van der Waals surface area contributed by atoms with Gasteiger partial charge >= 0.3 is 11.8 Å². The van der Waals surface area contributed by atoms with Gasteiger partial charge in [0.15, 0.2) is 0 Å². The molecule has 2 amide bonds. The molecule has 0 aromatic rings. The van der Waals surface area contributed by atoms with E-state index >= 15 is 0 Å². The van der Waals surface area contributed by atoms with Gasteiger partial charge in [-0.05, 0) is 6.92 Å². The van der Waals surface area contributed by atoms with Crippen molar-refractivity contribution in [1.29, 1.82) is 0 Å². The van der Waals surface area contributed by atoms with Gasteiger partial charge in [-0.25, -0.2) is 14.1 Å². The van der Waals surface area contributed by atoms with Gasteiger partial charge < -0.3 is 0 Å². The number of hydrogen-bond acceptors (Lipinski definition) is 2. The molecule has 0 bridgehead atoms. The van der Waals surface area contributed by atoms with Gasteiger partial charge in [-0.3, -0.25) is 0 Å². The van der Waals surface area contributed by atoms with Crippen molar-refractivity contribution in [2.75, 3.05) is 14.1 Å². The zero-order valence-electron chi connectivity index (χ0n) is 6.55. The van der Waals surface area contributed by atoms with Crippen LogP contribution in [-0.4, -0.2) is 30.4 Å². The van der Waals surface area contributed by atoms with Gasteiger partial charge in [-0.1, -0.05) is 0 Å². The van der Waals surface area contributed by atoms with E-state index in [2.05, 4.69) is 0 Å². The normalized spacial score (nSPS) is 31.3. The lowest BCUT2D eigenvalue weighted by Gasteiger charge is -2.16. The molecule has 1 fully saturated rings. The predicted octanol–water partition coefficient (Wildman–Crippen LogP) is 0.156. The topological polar surface area (TPSA) is 34.1 Å². The summed E-state index contributed by atoms with van der Waals surface area (Å²) in [7, 11) is 3.29. The highest BCUT2D eigenvalue weighted by Crippen LogP contribution is 2.22. The van der Waals surface area contributed by atoms with Gasteiger partial charge in [-0.15, -0.1) is 0 Å². The van der Waals surface area contributed by atoms with Crippen molar-refractivity contribution in [2.24, 2.45) is 5.92 Å². The Morgan fingerprint density at radius 1 is 1.40 bits per heavy atom. The molecule has 1 aliphatic heterocycles. The molecule has 1 atom stereocenters. The summed E-state index contributed by atoms with van der Waals surface area (Å²) in [6.07, 6.45) is 0.409. The summed E-state index contributed by atoms with van der Waals surface area (Å²) in [5, 5.41) is 0. The Balaban J connectivity index is 2.96. The largest absolute Gasteiger partial charge is 0.324 e. The second kappa shape index (κ2) is 1.89. The summed E-state index contributed by atoms with van der Waals surface area (Å²) in [6, 6.07) is 0. The smallest absolute Gasteiger partial charge is 0.230 e. The molecule has 0 aromatic heterocycles. The third-order valence-electron chi connectivity index (χ3n) is 2.08. The fourth-order valence-corrected chi connectivity index (χ4v) is 1.25. The molecule has 1 heterocycles. The molecule has 1 rings (SSSR count). The second-order valence-corrected chi connectivity index (χ2v) is 3.29. The summed E-state index contributed by atoms with van der Waals surface area (Å²) in [4.78, 5) is 22.3. The van der Waals surface area contributed by atoms with Crippen LogP contribution in [0.1, 0.15) is 13.3 Å². The SMILES string of the molecule is CC1CC(=O)[N+](C)(C)C1=O. The molecular formula is C7H12NO2+. The molecule has 3 nitrogen and oxygen atoms in total. The molecule has 0 radical (unpaired) electrons. The van der Waals surface area contributed by atoms with Crippen LogP contribution in [0.25, 0.3) is 0 Å².